The van der Waals surface area contributed by atoms with Crippen molar-refractivity contribution >= 4 is 5.91 Å². The van der Waals surface area contributed by atoms with Gasteiger partial charge >= 0.3 is 0 Å². The molecule has 0 aliphatic carbocycles. The van der Waals surface area contributed by atoms with Gasteiger partial charge in [0.05, 0.1) is 11.8 Å². The van der Waals surface area contributed by atoms with Gasteiger partial charge in [0.2, 0.25) is 0 Å². The van der Waals surface area contributed by atoms with Crippen LogP contribution >= 0.6 is 0 Å². The van der Waals surface area contributed by atoms with Crippen LogP contribution in [0.3, 0.4) is 0 Å². The average molecular weight is 273 g/mol. The molecule has 2 rings (SSSR count). The lowest BCUT2D eigenvalue weighted by atomic mass is 10.1. The van der Waals surface area contributed by atoms with Gasteiger partial charge in [-0.15, -0.1) is 0 Å². The maximum absolute atomic E-state index is 11.9. The van der Waals surface area contributed by atoms with Crippen molar-refractivity contribution in [2.24, 2.45) is 0 Å². The quantitative estimate of drug-likeness (QED) is 0.842. The molecule has 5 heteroatoms. The summed E-state index contributed by atoms with van der Waals surface area (Å²) >= 11 is 0. The van der Waals surface area contributed by atoms with E-state index in [1.807, 2.05) is 31.3 Å². The van der Waals surface area contributed by atoms with Crippen LogP contribution in [0.4, 0.5) is 0 Å². The molecular formula is C15H19N3O2. The molecule has 5 nitrogen and oxygen atoms in total. The van der Waals surface area contributed by atoms with Crippen LogP contribution in [0, 0.1) is 0 Å². The van der Waals surface area contributed by atoms with Crippen molar-refractivity contribution in [1.29, 1.82) is 0 Å². The molecule has 2 N–H and O–H groups in total. The third-order valence-corrected chi connectivity index (χ3v) is 3.02. The molecule has 1 heterocycles. The number of nitrogens with one attached hydrogen (secondary N) is 1. The fourth-order valence-corrected chi connectivity index (χ4v) is 1.93. The number of aromatic nitrogens is 2. The number of rotatable bonds is 6. The first-order valence-electron chi connectivity index (χ1n) is 6.77. The smallest absolute Gasteiger partial charge is 0.251 e. The highest BCUT2D eigenvalue weighted by molar-refractivity contribution is 5.94. The van der Waals surface area contributed by atoms with Gasteiger partial charge in [-0.2, -0.15) is 5.10 Å². The zero-order valence-corrected chi connectivity index (χ0v) is 11.5. The summed E-state index contributed by atoms with van der Waals surface area (Å²) in [6.07, 6.45) is 4.66. The lowest BCUT2D eigenvalue weighted by Crippen LogP contribution is -2.31. The lowest BCUT2D eigenvalue weighted by Gasteiger charge is -2.11. The number of aliphatic hydroxyl groups is 1. The summed E-state index contributed by atoms with van der Waals surface area (Å²) in [6, 6.07) is 9.02. The monoisotopic (exact) mass is 273 g/mol. The summed E-state index contributed by atoms with van der Waals surface area (Å²) in [7, 11) is 0. The van der Waals surface area contributed by atoms with Crippen molar-refractivity contribution in [3.63, 3.8) is 0 Å². The maximum atomic E-state index is 11.9. The topological polar surface area (TPSA) is 67.2 Å². The lowest BCUT2D eigenvalue weighted by molar-refractivity contribution is 0.0910. The molecule has 0 aliphatic heterocycles. The van der Waals surface area contributed by atoms with E-state index in [9.17, 15) is 9.90 Å². The third-order valence-electron chi connectivity index (χ3n) is 3.02. The van der Waals surface area contributed by atoms with E-state index in [0.29, 0.717) is 12.0 Å². The molecule has 1 amide bonds. The van der Waals surface area contributed by atoms with Gasteiger partial charge in [0.1, 0.15) is 0 Å². The number of benzene rings is 1. The second-order valence-electron chi connectivity index (χ2n) is 4.65. The Hall–Kier alpha value is -2.14. The van der Waals surface area contributed by atoms with Crippen molar-refractivity contribution in [1.82, 2.24) is 15.1 Å². The molecule has 0 saturated carbocycles. The predicted molar refractivity (Wildman–Crippen MR) is 76.8 cm³/mol. The molecule has 106 valence electrons. The molecule has 0 aliphatic rings. The van der Waals surface area contributed by atoms with Crippen LogP contribution in [-0.2, 0) is 0 Å². The summed E-state index contributed by atoms with van der Waals surface area (Å²) < 4.78 is 1.73. The highest BCUT2D eigenvalue weighted by atomic mass is 16.3. The molecule has 1 unspecified atom stereocenters. The molecular weight excluding hydrogens is 254 g/mol. The van der Waals surface area contributed by atoms with E-state index >= 15 is 0 Å². The second-order valence-corrected chi connectivity index (χ2v) is 4.65. The van der Waals surface area contributed by atoms with Crippen molar-refractivity contribution in [2.45, 2.75) is 25.9 Å². The van der Waals surface area contributed by atoms with Crippen molar-refractivity contribution < 1.29 is 9.90 Å². The second kappa shape index (κ2) is 6.86. The minimum Gasteiger partial charge on any atom is -0.391 e. The number of nitrogens with zero attached hydrogens (tertiary/aromatic N) is 2. The molecule has 0 spiro atoms. The van der Waals surface area contributed by atoms with Crippen LogP contribution < -0.4 is 5.32 Å². The van der Waals surface area contributed by atoms with Gasteiger partial charge in [-0.05, 0) is 36.8 Å². The van der Waals surface area contributed by atoms with Crippen LogP contribution in [-0.4, -0.2) is 33.4 Å². The molecule has 20 heavy (non-hydrogen) atoms. The van der Waals surface area contributed by atoms with E-state index in [1.54, 1.807) is 23.0 Å². The highest BCUT2D eigenvalue weighted by Crippen LogP contribution is 2.08. The zero-order chi connectivity index (χ0) is 14.4. The molecule has 2 aromatic rings. The molecule has 1 aromatic heterocycles. The minimum atomic E-state index is -0.479. The van der Waals surface area contributed by atoms with Gasteiger partial charge in [-0.1, -0.05) is 13.3 Å². The third kappa shape index (κ3) is 3.68. The van der Waals surface area contributed by atoms with Gasteiger partial charge in [0.15, 0.2) is 0 Å². The van der Waals surface area contributed by atoms with E-state index < -0.39 is 6.10 Å². The maximum Gasteiger partial charge on any atom is 0.251 e. The van der Waals surface area contributed by atoms with E-state index in [4.69, 9.17) is 0 Å². The SMILES string of the molecule is CCCC(O)CNC(=O)c1ccc(-n2cccn2)cc1. The fourth-order valence-electron chi connectivity index (χ4n) is 1.93. The number of carbonyl (C=O) groups excluding carboxylic acids is 1. The van der Waals surface area contributed by atoms with Gasteiger partial charge in [-0.3, -0.25) is 4.79 Å². The molecule has 0 saturated heterocycles. The summed E-state index contributed by atoms with van der Waals surface area (Å²) in [5, 5.41) is 16.4. The first kappa shape index (κ1) is 14.3. The van der Waals surface area contributed by atoms with E-state index in [1.165, 1.54) is 0 Å². The Balaban J connectivity index is 1.94. The Morgan fingerprint density at radius 2 is 2.15 bits per heavy atom. The number of hydrogen-bond acceptors (Lipinski definition) is 3. The fraction of sp³-hybridized carbons (Fsp3) is 0.333. The van der Waals surface area contributed by atoms with Crippen molar-refractivity contribution in [3.05, 3.63) is 48.3 Å². The summed E-state index contributed by atoms with van der Waals surface area (Å²) in [5.41, 5.74) is 1.47. The molecule has 0 radical (unpaired) electrons. The van der Waals surface area contributed by atoms with Gasteiger partial charge in [-0.25, -0.2) is 4.68 Å². The molecule has 0 bridgehead atoms. The first-order valence-corrected chi connectivity index (χ1v) is 6.77. The zero-order valence-electron chi connectivity index (χ0n) is 11.5. The van der Waals surface area contributed by atoms with E-state index in [-0.39, 0.29) is 12.5 Å². The van der Waals surface area contributed by atoms with Crippen LogP contribution in [0.2, 0.25) is 0 Å². The van der Waals surface area contributed by atoms with Crippen molar-refractivity contribution in [3.8, 4) is 5.69 Å². The Morgan fingerprint density at radius 3 is 2.75 bits per heavy atom. The van der Waals surface area contributed by atoms with Crippen LogP contribution in [0.25, 0.3) is 5.69 Å². The van der Waals surface area contributed by atoms with Gasteiger partial charge in [0.25, 0.3) is 5.91 Å². The molecule has 1 aromatic carbocycles. The molecule has 0 fully saturated rings. The Kier molecular flexibility index (Phi) is 4.90. The average Bonchev–Trinajstić information content (AvgIpc) is 2.99. The minimum absolute atomic E-state index is 0.174. The summed E-state index contributed by atoms with van der Waals surface area (Å²) in [4.78, 5) is 11.9. The van der Waals surface area contributed by atoms with E-state index in [2.05, 4.69) is 10.4 Å². The standard InChI is InChI=1S/C15H19N3O2/c1-2-4-14(19)11-16-15(20)12-5-7-13(8-6-12)18-10-3-9-17-18/h3,5-10,14,19H,2,4,11H2,1H3,(H,16,20). The van der Waals surface area contributed by atoms with Gasteiger partial charge in [0, 0.05) is 24.5 Å². The van der Waals surface area contributed by atoms with Crippen LogP contribution in [0.5, 0.6) is 0 Å². The van der Waals surface area contributed by atoms with Crippen LogP contribution in [0.1, 0.15) is 30.1 Å². The Bertz CT molecular complexity index is 535. The number of carbonyl (C=O) groups is 1. The number of amides is 1. The van der Waals surface area contributed by atoms with E-state index in [0.717, 1.165) is 12.1 Å². The first-order chi connectivity index (χ1) is 9.70. The van der Waals surface area contributed by atoms with Crippen molar-refractivity contribution in [2.75, 3.05) is 6.54 Å². The Labute approximate surface area is 118 Å². The predicted octanol–water partition coefficient (Wildman–Crippen LogP) is 1.76. The van der Waals surface area contributed by atoms with Crippen LogP contribution in [0.15, 0.2) is 42.7 Å². The normalized spacial score (nSPS) is 12.1. The summed E-state index contributed by atoms with van der Waals surface area (Å²) in [6.45, 7) is 2.28. The number of aliphatic hydroxyl groups excluding tert-OH is 1. The highest BCUT2D eigenvalue weighted by Gasteiger charge is 2.08. The largest absolute Gasteiger partial charge is 0.391 e. The summed E-state index contributed by atoms with van der Waals surface area (Å²) in [5.74, 6) is -0.174. The Morgan fingerprint density at radius 1 is 1.40 bits per heavy atom. The number of hydrogen-bond donors (Lipinski definition) is 2. The molecule has 1 atom stereocenters. The van der Waals surface area contributed by atoms with Gasteiger partial charge < -0.3 is 10.4 Å².